The van der Waals surface area contributed by atoms with Crippen molar-refractivity contribution in [2.75, 3.05) is 5.43 Å². The second kappa shape index (κ2) is 5.85. The van der Waals surface area contributed by atoms with E-state index in [0.717, 1.165) is 5.69 Å². The summed E-state index contributed by atoms with van der Waals surface area (Å²) < 4.78 is 0. The molecule has 0 radical (unpaired) electrons. The first-order valence-corrected chi connectivity index (χ1v) is 5.75. The molecule has 0 aliphatic carbocycles. The topological polar surface area (TPSA) is 24.4 Å². The molecule has 0 fully saturated rings. The summed E-state index contributed by atoms with van der Waals surface area (Å²) >= 11 is 0. The van der Waals surface area contributed by atoms with Gasteiger partial charge in [0, 0.05) is 12.1 Å². The average molecular weight is 224 g/mol. The third-order valence-electron chi connectivity index (χ3n) is 2.59. The number of nitrogens with zero attached hydrogens (tertiary/aromatic N) is 1. The second-order valence-electron chi connectivity index (χ2n) is 3.96. The molecule has 1 atom stereocenters. The number of para-hydroxylation sites is 1. The summed E-state index contributed by atoms with van der Waals surface area (Å²) in [7, 11) is 0. The quantitative estimate of drug-likeness (QED) is 0.618. The van der Waals surface area contributed by atoms with Gasteiger partial charge in [-0.1, -0.05) is 55.5 Å². The van der Waals surface area contributed by atoms with Crippen molar-refractivity contribution < 1.29 is 0 Å². The summed E-state index contributed by atoms with van der Waals surface area (Å²) in [5.74, 6) is 0.312. The first-order valence-electron chi connectivity index (χ1n) is 5.75. The number of hydrogen-bond donors (Lipinski definition) is 1. The molecule has 0 saturated heterocycles. The van der Waals surface area contributed by atoms with E-state index in [1.54, 1.807) is 0 Å². The van der Waals surface area contributed by atoms with Crippen LogP contribution < -0.4 is 5.43 Å². The lowest BCUT2D eigenvalue weighted by atomic mass is 10.0. The molecule has 0 saturated carbocycles. The monoisotopic (exact) mass is 224 g/mol. The number of rotatable bonds is 4. The number of nitrogens with one attached hydrogen (secondary N) is 1. The molecule has 86 valence electrons. The molecule has 2 nitrogen and oxygen atoms in total. The Bertz CT molecular complexity index is 463. The van der Waals surface area contributed by atoms with Gasteiger partial charge in [-0.05, 0) is 17.7 Å². The molecule has 1 unspecified atom stereocenters. The molecular weight excluding hydrogens is 208 g/mol. The van der Waals surface area contributed by atoms with Gasteiger partial charge in [0.15, 0.2) is 0 Å². The van der Waals surface area contributed by atoms with E-state index in [0.29, 0.717) is 5.92 Å². The van der Waals surface area contributed by atoms with Crippen LogP contribution in [0.15, 0.2) is 65.8 Å². The van der Waals surface area contributed by atoms with Crippen LogP contribution in [0.4, 0.5) is 5.69 Å². The van der Waals surface area contributed by atoms with Gasteiger partial charge in [0.25, 0.3) is 0 Å². The lowest BCUT2D eigenvalue weighted by Gasteiger charge is -2.05. The van der Waals surface area contributed by atoms with Gasteiger partial charge in [-0.25, -0.2) is 0 Å². The van der Waals surface area contributed by atoms with Gasteiger partial charge in [0.1, 0.15) is 0 Å². The van der Waals surface area contributed by atoms with Gasteiger partial charge in [0.2, 0.25) is 0 Å². The maximum Gasteiger partial charge on any atom is 0.0561 e. The van der Waals surface area contributed by atoms with Crippen LogP contribution in [0.3, 0.4) is 0 Å². The van der Waals surface area contributed by atoms with Crippen molar-refractivity contribution in [1.82, 2.24) is 0 Å². The maximum atomic E-state index is 4.24. The van der Waals surface area contributed by atoms with Gasteiger partial charge in [-0.3, -0.25) is 5.43 Å². The molecule has 0 heterocycles. The highest BCUT2D eigenvalue weighted by Gasteiger charge is 1.99. The van der Waals surface area contributed by atoms with E-state index in [1.807, 2.05) is 54.7 Å². The normalized spacial score (nSPS) is 12.5. The average Bonchev–Trinajstić information content (AvgIpc) is 2.41. The summed E-state index contributed by atoms with van der Waals surface area (Å²) in [6, 6.07) is 20.3. The Morgan fingerprint density at radius 2 is 1.53 bits per heavy atom. The minimum absolute atomic E-state index is 0.312. The van der Waals surface area contributed by atoms with Crippen molar-refractivity contribution in [3.8, 4) is 0 Å². The Labute approximate surface area is 102 Å². The van der Waals surface area contributed by atoms with Crippen LogP contribution in [0.1, 0.15) is 18.4 Å². The van der Waals surface area contributed by atoms with Crippen LogP contribution in [0.2, 0.25) is 0 Å². The van der Waals surface area contributed by atoms with Crippen LogP contribution in [0, 0.1) is 0 Å². The Morgan fingerprint density at radius 1 is 0.941 bits per heavy atom. The van der Waals surface area contributed by atoms with Crippen LogP contribution in [-0.4, -0.2) is 6.21 Å². The minimum atomic E-state index is 0.312. The second-order valence-corrected chi connectivity index (χ2v) is 3.96. The van der Waals surface area contributed by atoms with Crippen molar-refractivity contribution >= 4 is 11.9 Å². The number of hydrogen-bond acceptors (Lipinski definition) is 2. The predicted octanol–water partition coefficient (Wildman–Crippen LogP) is 3.89. The molecule has 2 rings (SSSR count). The summed E-state index contributed by atoms with van der Waals surface area (Å²) in [5.41, 5.74) is 5.29. The summed E-state index contributed by atoms with van der Waals surface area (Å²) in [5, 5.41) is 4.24. The van der Waals surface area contributed by atoms with Crippen molar-refractivity contribution in [2.45, 2.75) is 12.8 Å². The van der Waals surface area contributed by atoms with E-state index in [-0.39, 0.29) is 0 Å². The van der Waals surface area contributed by atoms with Gasteiger partial charge in [-0.15, -0.1) is 0 Å². The molecule has 2 aromatic carbocycles. The largest absolute Gasteiger partial charge is 0.279 e. The molecule has 0 spiro atoms. The fraction of sp³-hybridized carbons (Fsp3) is 0.133. The predicted molar refractivity (Wildman–Crippen MR) is 73.4 cm³/mol. The number of benzene rings is 2. The van der Waals surface area contributed by atoms with Gasteiger partial charge in [-0.2, -0.15) is 5.10 Å². The van der Waals surface area contributed by atoms with Crippen LogP contribution in [-0.2, 0) is 0 Å². The Morgan fingerprint density at radius 3 is 2.18 bits per heavy atom. The van der Waals surface area contributed by atoms with E-state index >= 15 is 0 Å². The van der Waals surface area contributed by atoms with E-state index < -0.39 is 0 Å². The standard InChI is InChI=1S/C15H16N2/c1-13(14-8-4-2-5-9-14)12-16-17-15-10-6-3-7-11-15/h2-13,17H,1H3/b16-12+. The van der Waals surface area contributed by atoms with Gasteiger partial charge < -0.3 is 0 Å². The smallest absolute Gasteiger partial charge is 0.0561 e. The summed E-state index contributed by atoms with van der Waals surface area (Å²) in [6.07, 6.45) is 1.92. The van der Waals surface area contributed by atoms with Crippen molar-refractivity contribution in [3.05, 3.63) is 66.2 Å². The molecule has 17 heavy (non-hydrogen) atoms. The van der Waals surface area contributed by atoms with Crippen LogP contribution >= 0.6 is 0 Å². The summed E-state index contributed by atoms with van der Waals surface area (Å²) in [6.45, 7) is 2.13. The third-order valence-corrected chi connectivity index (χ3v) is 2.59. The first-order chi connectivity index (χ1) is 8.36. The van der Waals surface area contributed by atoms with E-state index in [2.05, 4.69) is 29.6 Å². The zero-order chi connectivity index (χ0) is 11.9. The fourth-order valence-electron chi connectivity index (χ4n) is 1.58. The van der Waals surface area contributed by atoms with Crippen molar-refractivity contribution in [3.63, 3.8) is 0 Å². The molecule has 0 aliphatic rings. The number of hydrazone groups is 1. The number of anilines is 1. The molecule has 2 aromatic rings. The highest BCUT2D eigenvalue weighted by Crippen LogP contribution is 2.12. The van der Waals surface area contributed by atoms with E-state index in [4.69, 9.17) is 0 Å². The van der Waals surface area contributed by atoms with Crippen LogP contribution in [0.25, 0.3) is 0 Å². The minimum Gasteiger partial charge on any atom is -0.279 e. The van der Waals surface area contributed by atoms with Gasteiger partial charge in [0.05, 0.1) is 5.69 Å². The summed E-state index contributed by atoms with van der Waals surface area (Å²) in [4.78, 5) is 0. The van der Waals surface area contributed by atoms with Crippen molar-refractivity contribution in [2.24, 2.45) is 5.10 Å². The Kier molecular flexibility index (Phi) is 3.92. The molecule has 0 aliphatic heterocycles. The lowest BCUT2D eigenvalue weighted by Crippen LogP contribution is -1.97. The van der Waals surface area contributed by atoms with E-state index in [9.17, 15) is 0 Å². The first kappa shape index (κ1) is 11.4. The maximum absolute atomic E-state index is 4.24. The molecule has 0 aromatic heterocycles. The Hall–Kier alpha value is -2.09. The SMILES string of the molecule is CC(/C=N/Nc1ccccc1)c1ccccc1. The molecular formula is C15H16N2. The Balaban J connectivity index is 1.93. The molecule has 1 N–H and O–H groups in total. The fourth-order valence-corrected chi connectivity index (χ4v) is 1.58. The lowest BCUT2D eigenvalue weighted by molar-refractivity contribution is 1.04. The highest BCUT2D eigenvalue weighted by molar-refractivity contribution is 5.68. The zero-order valence-corrected chi connectivity index (χ0v) is 9.88. The van der Waals surface area contributed by atoms with Crippen molar-refractivity contribution in [1.29, 1.82) is 0 Å². The van der Waals surface area contributed by atoms with Crippen LogP contribution in [0.5, 0.6) is 0 Å². The molecule has 2 heteroatoms. The zero-order valence-electron chi connectivity index (χ0n) is 9.88. The molecule has 0 amide bonds. The molecule has 0 bridgehead atoms. The van der Waals surface area contributed by atoms with E-state index in [1.165, 1.54) is 5.56 Å². The third kappa shape index (κ3) is 3.45. The highest BCUT2D eigenvalue weighted by atomic mass is 15.3. The van der Waals surface area contributed by atoms with Gasteiger partial charge >= 0.3 is 0 Å².